The topological polar surface area (TPSA) is 51.1 Å². The lowest BCUT2D eigenvalue weighted by Gasteiger charge is -2.25. The maximum Gasteiger partial charge on any atom is 0.410 e. The molecule has 0 aromatic rings. The van der Waals surface area contributed by atoms with Gasteiger partial charge < -0.3 is 14.5 Å². The molecule has 1 unspecified atom stereocenters. The predicted molar refractivity (Wildman–Crippen MR) is 64.3 cm³/mol. The number of nitrogens with zero attached hydrogens (tertiary/aromatic N) is 2. The van der Waals surface area contributed by atoms with E-state index in [9.17, 15) is 13.6 Å². The smallest absolute Gasteiger partial charge is 0.410 e. The fraction of sp³-hybridized carbons (Fsp3) is 0.833. The molecule has 2 aliphatic rings. The van der Waals surface area contributed by atoms with Gasteiger partial charge in [0.15, 0.2) is 5.60 Å². The van der Waals surface area contributed by atoms with Crippen molar-refractivity contribution in [2.75, 3.05) is 13.1 Å². The molecule has 1 fully saturated rings. The van der Waals surface area contributed by atoms with Crippen LogP contribution < -0.4 is 0 Å². The molecule has 2 aliphatic heterocycles. The molecule has 1 saturated heterocycles. The molecule has 5 nitrogen and oxygen atoms in total. The molecular weight excluding hydrogens is 258 g/mol. The number of carbonyl (C=O) groups is 1. The zero-order valence-corrected chi connectivity index (χ0v) is 11.3. The number of rotatable bonds is 1. The fourth-order valence-electron chi connectivity index (χ4n) is 2.21. The molecule has 108 valence electrons. The SMILES string of the molecule is CC(C)(C)OC(=O)N1CCC2(CC(C(F)F)=NO2)C1. The number of ether oxygens (including phenoxy) is 1. The van der Waals surface area contributed by atoms with E-state index in [1.165, 1.54) is 4.90 Å². The highest BCUT2D eigenvalue weighted by atomic mass is 19.3. The van der Waals surface area contributed by atoms with Crippen LogP contribution in [0.5, 0.6) is 0 Å². The highest BCUT2D eigenvalue weighted by molar-refractivity contribution is 5.89. The first-order valence-corrected chi connectivity index (χ1v) is 6.22. The molecule has 0 N–H and O–H groups in total. The molecule has 0 radical (unpaired) electrons. The van der Waals surface area contributed by atoms with Crippen molar-refractivity contribution in [2.45, 2.75) is 51.2 Å². The Kier molecular flexibility index (Phi) is 3.40. The van der Waals surface area contributed by atoms with Crippen LogP contribution in [0, 0.1) is 0 Å². The zero-order chi connectivity index (χ0) is 14.3. The van der Waals surface area contributed by atoms with Crippen molar-refractivity contribution in [3.63, 3.8) is 0 Å². The van der Waals surface area contributed by atoms with Gasteiger partial charge in [-0.25, -0.2) is 13.6 Å². The molecule has 2 rings (SSSR count). The quantitative estimate of drug-likeness (QED) is 0.739. The normalized spacial score (nSPS) is 26.8. The Morgan fingerprint density at radius 2 is 2.21 bits per heavy atom. The summed E-state index contributed by atoms with van der Waals surface area (Å²) < 4.78 is 30.3. The molecule has 0 saturated carbocycles. The number of amides is 1. The Labute approximate surface area is 110 Å². The molecule has 1 amide bonds. The van der Waals surface area contributed by atoms with Crippen molar-refractivity contribution in [2.24, 2.45) is 5.16 Å². The Bertz CT molecular complexity index is 406. The number of alkyl halides is 2. The third-order valence-corrected chi connectivity index (χ3v) is 3.08. The summed E-state index contributed by atoms with van der Waals surface area (Å²) in [5, 5.41) is 3.43. The molecule has 1 spiro atoms. The van der Waals surface area contributed by atoms with Crippen molar-refractivity contribution < 1.29 is 23.1 Å². The Balaban J connectivity index is 1.93. The van der Waals surface area contributed by atoms with Gasteiger partial charge >= 0.3 is 6.09 Å². The summed E-state index contributed by atoms with van der Waals surface area (Å²) >= 11 is 0. The van der Waals surface area contributed by atoms with E-state index in [-0.39, 0.29) is 18.7 Å². The molecule has 2 heterocycles. The number of oxime groups is 1. The van der Waals surface area contributed by atoms with Gasteiger partial charge in [0.2, 0.25) is 0 Å². The van der Waals surface area contributed by atoms with Crippen LogP contribution in [0.15, 0.2) is 5.16 Å². The second kappa shape index (κ2) is 4.61. The number of hydrogen-bond acceptors (Lipinski definition) is 4. The number of carbonyl (C=O) groups excluding carboxylic acids is 1. The third kappa shape index (κ3) is 3.13. The lowest BCUT2D eigenvalue weighted by molar-refractivity contribution is -0.0159. The fourth-order valence-corrected chi connectivity index (χ4v) is 2.21. The predicted octanol–water partition coefficient (Wildman–Crippen LogP) is 2.41. The minimum absolute atomic E-state index is 0.0734. The van der Waals surface area contributed by atoms with E-state index in [0.717, 1.165) is 0 Å². The van der Waals surface area contributed by atoms with Gasteiger partial charge in [-0.05, 0) is 20.8 Å². The molecule has 0 aromatic heterocycles. The zero-order valence-electron chi connectivity index (χ0n) is 11.3. The monoisotopic (exact) mass is 276 g/mol. The molecule has 0 aliphatic carbocycles. The van der Waals surface area contributed by atoms with Crippen molar-refractivity contribution in [3.05, 3.63) is 0 Å². The van der Waals surface area contributed by atoms with Gasteiger partial charge in [0.1, 0.15) is 11.3 Å². The standard InChI is InChI=1S/C12H18F2N2O3/c1-11(2,3)18-10(17)16-5-4-12(7-16)6-8(9(13)14)15-19-12/h9H,4-7H2,1-3H3. The molecule has 0 bridgehead atoms. The van der Waals surface area contributed by atoms with Gasteiger partial charge in [-0.15, -0.1) is 0 Å². The minimum Gasteiger partial charge on any atom is -0.444 e. The van der Waals surface area contributed by atoms with Crippen LogP contribution in [0.2, 0.25) is 0 Å². The number of hydrogen-bond donors (Lipinski definition) is 0. The van der Waals surface area contributed by atoms with Crippen molar-refractivity contribution >= 4 is 11.8 Å². The van der Waals surface area contributed by atoms with E-state index in [2.05, 4.69) is 5.16 Å². The van der Waals surface area contributed by atoms with Gasteiger partial charge in [-0.2, -0.15) is 0 Å². The van der Waals surface area contributed by atoms with Crippen LogP contribution in [-0.2, 0) is 9.57 Å². The van der Waals surface area contributed by atoms with Gasteiger partial charge in [0, 0.05) is 19.4 Å². The molecule has 0 aromatic carbocycles. The number of likely N-dealkylation sites (tertiary alicyclic amines) is 1. The summed E-state index contributed by atoms with van der Waals surface area (Å²) in [6, 6.07) is 0. The highest BCUT2D eigenvalue weighted by Gasteiger charge is 2.48. The lowest BCUT2D eigenvalue weighted by Crippen LogP contribution is -2.39. The summed E-state index contributed by atoms with van der Waals surface area (Å²) in [5.74, 6) is 0. The van der Waals surface area contributed by atoms with Crippen LogP contribution in [0.1, 0.15) is 33.6 Å². The van der Waals surface area contributed by atoms with Crippen molar-refractivity contribution in [1.82, 2.24) is 4.90 Å². The highest BCUT2D eigenvalue weighted by Crippen LogP contribution is 2.35. The summed E-state index contributed by atoms with van der Waals surface area (Å²) in [6.45, 7) is 6.01. The average molecular weight is 276 g/mol. The summed E-state index contributed by atoms with van der Waals surface area (Å²) in [4.78, 5) is 18.5. The lowest BCUT2D eigenvalue weighted by atomic mass is 9.97. The number of halogens is 2. The van der Waals surface area contributed by atoms with Crippen LogP contribution in [0.25, 0.3) is 0 Å². The van der Waals surface area contributed by atoms with E-state index in [4.69, 9.17) is 9.57 Å². The molecule has 7 heteroatoms. The average Bonchev–Trinajstić information content (AvgIpc) is 2.85. The van der Waals surface area contributed by atoms with Gasteiger partial charge in [0.25, 0.3) is 6.43 Å². The summed E-state index contributed by atoms with van der Waals surface area (Å²) in [6.07, 6.45) is -2.48. The Hall–Kier alpha value is -1.40. The van der Waals surface area contributed by atoms with E-state index >= 15 is 0 Å². The minimum atomic E-state index is -2.60. The largest absolute Gasteiger partial charge is 0.444 e. The van der Waals surface area contributed by atoms with Gasteiger partial charge in [0.05, 0.1) is 6.54 Å². The molecule has 19 heavy (non-hydrogen) atoms. The maximum absolute atomic E-state index is 12.5. The third-order valence-electron chi connectivity index (χ3n) is 3.08. The van der Waals surface area contributed by atoms with Gasteiger partial charge in [-0.3, -0.25) is 0 Å². The van der Waals surface area contributed by atoms with Crippen LogP contribution >= 0.6 is 0 Å². The summed E-state index contributed by atoms with van der Waals surface area (Å²) in [5.41, 5.74) is -1.61. The molecule has 1 atom stereocenters. The van der Waals surface area contributed by atoms with Crippen LogP contribution in [0.4, 0.5) is 13.6 Å². The van der Waals surface area contributed by atoms with Crippen molar-refractivity contribution in [1.29, 1.82) is 0 Å². The van der Waals surface area contributed by atoms with E-state index in [0.29, 0.717) is 13.0 Å². The van der Waals surface area contributed by atoms with Gasteiger partial charge in [-0.1, -0.05) is 5.16 Å². The summed E-state index contributed by atoms with van der Waals surface area (Å²) in [7, 11) is 0. The Morgan fingerprint density at radius 1 is 1.53 bits per heavy atom. The molecular formula is C12H18F2N2O3. The second-order valence-electron chi connectivity index (χ2n) is 5.99. The van der Waals surface area contributed by atoms with E-state index in [1.54, 1.807) is 20.8 Å². The van der Waals surface area contributed by atoms with Crippen LogP contribution in [-0.4, -0.2) is 47.4 Å². The second-order valence-corrected chi connectivity index (χ2v) is 5.99. The van der Waals surface area contributed by atoms with E-state index < -0.39 is 23.7 Å². The van der Waals surface area contributed by atoms with Crippen LogP contribution in [0.3, 0.4) is 0 Å². The first kappa shape index (κ1) is 14.0. The van der Waals surface area contributed by atoms with E-state index in [1.807, 2.05) is 0 Å². The van der Waals surface area contributed by atoms with Crippen molar-refractivity contribution in [3.8, 4) is 0 Å². The maximum atomic E-state index is 12.5. The first-order chi connectivity index (χ1) is 8.71. The Morgan fingerprint density at radius 3 is 2.74 bits per heavy atom. The first-order valence-electron chi connectivity index (χ1n) is 6.22.